The first-order valence-corrected chi connectivity index (χ1v) is 4.94. The van der Waals surface area contributed by atoms with E-state index in [9.17, 15) is 4.79 Å². The highest BCUT2D eigenvalue weighted by Crippen LogP contribution is 2.29. The molecule has 13 heavy (non-hydrogen) atoms. The average Bonchev–Trinajstić information content (AvgIpc) is 2.61. The summed E-state index contributed by atoms with van der Waals surface area (Å²) in [5.41, 5.74) is 0. The zero-order chi connectivity index (χ0) is 10.2. The second-order valence-corrected chi connectivity index (χ2v) is 4.63. The van der Waals surface area contributed by atoms with E-state index in [4.69, 9.17) is 4.74 Å². The zero-order valence-corrected chi connectivity index (χ0v) is 9.20. The Bertz CT molecular complexity index is 215. The quantitative estimate of drug-likeness (QED) is 0.487. The summed E-state index contributed by atoms with van der Waals surface area (Å²) in [6.45, 7) is 9.06. The lowest BCUT2D eigenvalue weighted by atomic mass is 10.1. The van der Waals surface area contributed by atoms with E-state index < -0.39 is 0 Å². The van der Waals surface area contributed by atoms with Gasteiger partial charge in [-0.15, -0.1) is 0 Å². The molecule has 1 saturated heterocycles. The maximum absolute atomic E-state index is 11.6. The number of ether oxygens (including phenoxy) is 1. The van der Waals surface area contributed by atoms with Crippen molar-refractivity contribution in [2.24, 2.45) is 5.92 Å². The number of carbonyl (C=O) groups is 1. The predicted octanol–water partition coefficient (Wildman–Crippen LogP) is 2.02. The van der Waals surface area contributed by atoms with Crippen LogP contribution in [0.2, 0.25) is 0 Å². The Morgan fingerprint density at radius 1 is 1.46 bits per heavy atom. The van der Waals surface area contributed by atoms with Gasteiger partial charge in [0.2, 0.25) is 0 Å². The molecule has 0 saturated carbocycles. The van der Waals surface area contributed by atoms with Gasteiger partial charge in [0.1, 0.15) is 18.7 Å². The van der Waals surface area contributed by atoms with Gasteiger partial charge in [-0.25, -0.2) is 4.48 Å². The van der Waals surface area contributed by atoms with Crippen molar-refractivity contribution in [1.29, 1.82) is 0 Å². The van der Waals surface area contributed by atoms with Crippen molar-refractivity contribution < 1.29 is 14.0 Å². The van der Waals surface area contributed by atoms with Crippen molar-refractivity contribution in [2.75, 3.05) is 13.6 Å². The van der Waals surface area contributed by atoms with Gasteiger partial charge in [0, 0.05) is 0 Å². The van der Waals surface area contributed by atoms with Gasteiger partial charge in [0.25, 0.3) is 0 Å². The molecule has 3 heteroatoms. The van der Waals surface area contributed by atoms with Gasteiger partial charge in [0.05, 0.1) is 7.05 Å². The molecule has 1 heterocycles. The van der Waals surface area contributed by atoms with E-state index in [0.29, 0.717) is 16.4 Å². The lowest BCUT2D eigenvalue weighted by Crippen LogP contribution is -2.35. The van der Waals surface area contributed by atoms with Gasteiger partial charge in [-0.05, 0) is 19.8 Å². The van der Waals surface area contributed by atoms with E-state index >= 15 is 0 Å². The Hall–Kier alpha value is -0.570. The number of hydrogen-bond acceptors (Lipinski definition) is 2. The van der Waals surface area contributed by atoms with Crippen molar-refractivity contribution in [3.63, 3.8) is 0 Å². The van der Waals surface area contributed by atoms with Gasteiger partial charge in [-0.3, -0.25) is 0 Å². The van der Waals surface area contributed by atoms with Crippen LogP contribution in [0, 0.1) is 5.92 Å². The highest BCUT2D eigenvalue weighted by Gasteiger charge is 2.56. The van der Waals surface area contributed by atoms with Crippen LogP contribution >= 0.6 is 0 Å². The Morgan fingerprint density at radius 3 is 2.23 bits per heavy atom. The minimum atomic E-state index is -0.0753. The van der Waals surface area contributed by atoms with Crippen molar-refractivity contribution in [1.82, 2.24) is 0 Å². The molecule has 3 unspecified atom stereocenters. The number of hydrogen-bond donors (Lipinski definition) is 0. The fraction of sp³-hybridized carbons (Fsp3) is 0.900. The van der Waals surface area contributed by atoms with Crippen LogP contribution < -0.4 is 0 Å². The maximum Gasteiger partial charge on any atom is 0.516 e. The van der Waals surface area contributed by atoms with Crippen molar-refractivity contribution >= 4 is 6.09 Å². The van der Waals surface area contributed by atoms with Crippen LogP contribution in [0.15, 0.2) is 0 Å². The molecule has 0 N–H and O–H groups in total. The molecule has 0 aromatic carbocycles. The van der Waals surface area contributed by atoms with Crippen molar-refractivity contribution in [2.45, 2.75) is 39.8 Å². The largest absolute Gasteiger partial charge is 0.516 e. The molecule has 0 bridgehead atoms. The Kier molecular flexibility index (Phi) is 2.66. The first-order chi connectivity index (χ1) is 5.88. The third kappa shape index (κ3) is 2.02. The first-order valence-electron chi connectivity index (χ1n) is 4.94. The van der Waals surface area contributed by atoms with E-state index in [1.807, 2.05) is 14.0 Å². The van der Waals surface area contributed by atoms with Crippen LogP contribution in [0.4, 0.5) is 4.79 Å². The first kappa shape index (κ1) is 10.5. The summed E-state index contributed by atoms with van der Waals surface area (Å²) in [7, 11) is 1.93. The van der Waals surface area contributed by atoms with Crippen LogP contribution in [0.3, 0.4) is 0 Å². The molecule has 1 rings (SSSR count). The number of rotatable bonds is 2. The zero-order valence-electron chi connectivity index (χ0n) is 9.20. The minimum Gasteiger partial charge on any atom is -0.417 e. The van der Waals surface area contributed by atoms with Gasteiger partial charge in [-0.1, -0.05) is 13.8 Å². The summed E-state index contributed by atoms with van der Waals surface area (Å²) >= 11 is 0. The van der Waals surface area contributed by atoms with Gasteiger partial charge in [-0.2, -0.15) is 4.79 Å². The SMILES string of the molecule is CC(C)C(C)OC(=O)[N+]1(C)CC1C. The number of amides is 1. The van der Waals surface area contributed by atoms with E-state index in [1.54, 1.807) is 0 Å². The summed E-state index contributed by atoms with van der Waals surface area (Å²) in [6.07, 6.45) is -0.0519. The summed E-state index contributed by atoms with van der Waals surface area (Å²) in [4.78, 5) is 11.6. The molecule has 1 aliphatic heterocycles. The number of quaternary nitrogens is 1. The molecule has 0 aliphatic carbocycles. The standard InChI is InChI=1S/C10H20NO2/c1-7(2)9(4)13-10(12)11(5)6-8(11)3/h7-9H,6H2,1-5H3/q+1. The predicted molar refractivity (Wildman–Crippen MR) is 51.3 cm³/mol. The highest BCUT2D eigenvalue weighted by atomic mass is 16.6. The van der Waals surface area contributed by atoms with Crippen LogP contribution in [0.1, 0.15) is 27.7 Å². The monoisotopic (exact) mass is 186 g/mol. The number of carbonyl (C=O) groups excluding carboxylic acids is 1. The number of nitrogens with zero attached hydrogens (tertiary/aromatic N) is 1. The summed E-state index contributed by atoms with van der Waals surface area (Å²) in [5.74, 6) is 0.394. The second-order valence-electron chi connectivity index (χ2n) is 4.63. The van der Waals surface area contributed by atoms with E-state index in [-0.39, 0.29) is 12.2 Å². The molecule has 76 valence electrons. The molecule has 3 nitrogen and oxygen atoms in total. The third-order valence-corrected chi connectivity index (χ3v) is 3.13. The second kappa shape index (κ2) is 3.29. The fourth-order valence-electron chi connectivity index (χ4n) is 1.17. The lowest BCUT2D eigenvalue weighted by Gasteiger charge is -2.18. The third-order valence-electron chi connectivity index (χ3n) is 3.13. The number of likely N-dealkylation sites (N-methyl/N-ethyl adjacent to an activating group) is 1. The van der Waals surface area contributed by atoms with Gasteiger partial charge in [0.15, 0.2) is 0 Å². The Balaban J connectivity index is 2.43. The average molecular weight is 186 g/mol. The van der Waals surface area contributed by atoms with Crippen LogP contribution in [0.25, 0.3) is 0 Å². The molecule has 0 radical (unpaired) electrons. The van der Waals surface area contributed by atoms with E-state index in [0.717, 1.165) is 6.54 Å². The van der Waals surface area contributed by atoms with Crippen LogP contribution in [0.5, 0.6) is 0 Å². The van der Waals surface area contributed by atoms with E-state index in [2.05, 4.69) is 20.8 Å². The topological polar surface area (TPSA) is 26.3 Å². The van der Waals surface area contributed by atoms with E-state index in [1.165, 1.54) is 0 Å². The van der Waals surface area contributed by atoms with Gasteiger partial charge >= 0.3 is 6.09 Å². The molecule has 1 fully saturated rings. The summed E-state index contributed by atoms with van der Waals surface area (Å²) in [6, 6.07) is 0.437. The Labute approximate surface area is 80.3 Å². The molecular weight excluding hydrogens is 166 g/mol. The molecule has 0 aromatic heterocycles. The molecular formula is C10H20NO2+. The molecule has 0 aromatic rings. The highest BCUT2D eigenvalue weighted by molar-refractivity contribution is 5.61. The van der Waals surface area contributed by atoms with Crippen molar-refractivity contribution in [3.05, 3.63) is 0 Å². The fourth-order valence-corrected chi connectivity index (χ4v) is 1.17. The summed E-state index contributed by atoms with van der Waals surface area (Å²) in [5, 5.41) is 0. The molecule has 0 spiro atoms. The van der Waals surface area contributed by atoms with Crippen LogP contribution in [-0.4, -0.2) is 36.3 Å². The molecule has 3 atom stereocenters. The molecule has 1 aliphatic rings. The smallest absolute Gasteiger partial charge is 0.417 e. The Morgan fingerprint density at radius 2 is 1.92 bits per heavy atom. The maximum atomic E-state index is 11.6. The lowest BCUT2D eigenvalue weighted by molar-refractivity contribution is -0.713. The summed E-state index contributed by atoms with van der Waals surface area (Å²) < 4.78 is 5.80. The van der Waals surface area contributed by atoms with Crippen LogP contribution in [-0.2, 0) is 4.74 Å². The normalized spacial score (nSPS) is 34.5. The van der Waals surface area contributed by atoms with Gasteiger partial charge < -0.3 is 4.74 Å². The minimum absolute atomic E-state index is 0.0234. The van der Waals surface area contributed by atoms with Crippen molar-refractivity contribution in [3.8, 4) is 0 Å². The molecule has 1 amide bonds.